The minimum Gasteiger partial charge on any atom is -0.351 e. The Morgan fingerprint density at radius 3 is 2.81 bits per heavy atom. The van der Waals surface area contributed by atoms with Crippen molar-refractivity contribution in [3.8, 4) is 0 Å². The van der Waals surface area contributed by atoms with Gasteiger partial charge in [-0.25, -0.2) is 4.39 Å². The summed E-state index contributed by atoms with van der Waals surface area (Å²) in [5, 5.41) is 13.0. The molecule has 1 rings (SSSR count). The molecule has 0 unspecified atom stereocenters. The number of benzene rings is 1. The van der Waals surface area contributed by atoms with Crippen LogP contribution in [0.3, 0.4) is 0 Å². The van der Waals surface area contributed by atoms with Gasteiger partial charge in [0.25, 0.3) is 11.6 Å². The number of nitro groups is 1. The lowest BCUT2D eigenvalue weighted by Crippen LogP contribution is -2.26. The van der Waals surface area contributed by atoms with Gasteiger partial charge in [0.2, 0.25) is 0 Å². The molecule has 16 heavy (non-hydrogen) atoms. The Morgan fingerprint density at radius 2 is 2.25 bits per heavy atom. The first-order valence-electron chi connectivity index (χ1n) is 4.34. The van der Waals surface area contributed by atoms with E-state index in [-0.39, 0.29) is 18.0 Å². The predicted molar refractivity (Wildman–Crippen MR) is 56.1 cm³/mol. The van der Waals surface area contributed by atoms with Gasteiger partial charge in [-0.15, -0.1) is 11.6 Å². The fourth-order valence-electron chi connectivity index (χ4n) is 1.10. The molecule has 1 aromatic carbocycles. The van der Waals surface area contributed by atoms with Crippen molar-refractivity contribution in [2.75, 3.05) is 12.4 Å². The molecular weight excluding hydrogens is 239 g/mol. The molecule has 0 bridgehead atoms. The lowest BCUT2D eigenvalue weighted by Gasteiger charge is -2.03. The number of hydrogen-bond donors (Lipinski definition) is 1. The molecule has 0 saturated carbocycles. The van der Waals surface area contributed by atoms with E-state index in [9.17, 15) is 19.3 Å². The quantitative estimate of drug-likeness (QED) is 0.499. The van der Waals surface area contributed by atoms with Crippen LogP contribution in [-0.4, -0.2) is 23.3 Å². The highest BCUT2D eigenvalue weighted by molar-refractivity contribution is 6.18. The second-order valence-corrected chi connectivity index (χ2v) is 3.24. The summed E-state index contributed by atoms with van der Waals surface area (Å²) in [5.41, 5.74) is -0.747. The Hall–Kier alpha value is -1.69. The van der Waals surface area contributed by atoms with E-state index in [2.05, 4.69) is 5.32 Å². The van der Waals surface area contributed by atoms with Crippen LogP contribution in [0.25, 0.3) is 0 Å². The summed E-state index contributed by atoms with van der Waals surface area (Å²) in [4.78, 5) is 21.2. The van der Waals surface area contributed by atoms with Gasteiger partial charge in [0.05, 0.1) is 11.0 Å². The molecule has 0 aliphatic heterocycles. The standard InChI is InChI=1S/C9H8ClFN2O3/c10-3-4-12-9(14)7-2-1-6(11)5-8(7)13(15)16/h1-2,5H,3-4H2,(H,12,14). The number of rotatable bonds is 4. The van der Waals surface area contributed by atoms with Crippen molar-refractivity contribution in [3.63, 3.8) is 0 Å². The van der Waals surface area contributed by atoms with E-state index in [4.69, 9.17) is 11.6 Å². The van der Waals surface area contributed by atoms with Crippen LogP contribution >= 0.6 is 11.6 Å². The lowest BCUT2D eigenvalue weighted by molar-refractivity contribution is -0.385. The zero-order chi connectivity index (χ0) is 12.1. The van der Waals surface area contributed by atoms with Crippen molar-refractivity contribution >= 4 is 23.2 Å². The van der Waals surface area contributed by atoms with E-state index < -0.39 is 22.3 Å². The Morgan fingerprint density at radius 1 is 1.56 bits per heavy atom. The second kappa shape index (κ2) is 5.41. The van der Waals surface area contributed by atoms with Gasteiger partial charge in [0.1, 0.15) is 11.4 Å². The van der Waals surface area contributed by atoms with Crippen molar-refractivity contribution < 1.29 is 14.1 Å². The second-order valence-electron chi connectivity index (χ2n) is 2.86. The molecule has 1 N–H and O–H groups in total. The SMILES string of the molecule is O=C(NCCCl)c1ccc(F)cc1[N+](=O)[O-]. The molecule has 0 radical (unpaired) electrons. The van der Waals surface area contributed by atoms with Crippen molar-refractivity contribution in [1.29, 1.82) is 0 Å². The Labute approximate surface area is 95.4 Å². The summed E-state index contributed by atoms with van der Waals surface area (Å²) in [7, 11) is 0. The summed E-state index contributed by atoms with van der Waals surface area (Å²) >= 11 is 5.35. The molecule has 0 atom stereocenters. The number of carbonyl (C=O) groups excluding carboxylic acids is 1. The van der Waals surface area contributed by atoms with Gasteiger partial charge in [-0.05, 0) is 12.1 Å². The topological polar surface area (TPSA) is 72.2 Å². The molecule has 0 aliphatic rings. The van der Waals surface area contributed by atoms with Gasteiger partial charge in [-0.1, -0.05) is 0 Å². The maximum Gasteiger partial charge on any atom is 0.285 e. The van der Waals surface area contributed by atoms with Gasteiger partial charge < -0.3 is 5.32 Å². The number of alkyl halides is 1. The minimum absolute atomic E-state index is 0.184. The third kappa shape index (κ3) is 2.90. The smallest absolute Gasteiger partial charge is 0.285 e. The molecule has 0 fully saturated rings. The fourth-order valence-corrected chi connectivity index (χ4v) is 1.20. The number of halogens is 2. The van der Waals surface area contributed by atoms with E-state index in [1.54, 1.807) is 0 Å². The Bertz CT molecular complexity index is 425. The van der Waals surface area contributed by atoms with Crippen LogP contribution in [0.5, 0.6) is 0 Å². The first-order valence-corrected chi connectivity index (χ1v) is 4.88. The number of nitrogens with zero attached hydrogens (tertiary/aromatic N) is 1. The van der Waals surface area contributed by atoms with Crippen LogP contribution in [0.4, 0.5) is 10.1 Å². The van der Waals surface area contributed by atoms with E-state index in [1.807, 2.05) is 0 Å². The van der Waals surface area contributed by atoms with Crippen LogP contribution in [0, 0.1) is 15.9 Å². The van der Waals surface area contributed by atoms with Crippen LogP contribution in [-0.2, 0) is 0 Å². The molecule has 5 nitrogen and oxygen atoms in total. The number of amides is 1. The molecule has 0 aromatic heterocycles. The van der Waals surface area contributed by atoms with Gasteiger partial charge in [-0.3, -0.25) is 14.9 Å². The van der Waals surface area contributed by atoms with E-state index >= 15 is 0 Å². The first kappa shape index (κ1) is 12.4. The van der Waals surface area contributed by atoms with E-state index in [0.717, 1.165) is 12.1 Å². The average Bonchev–Trinajstić information content (AvgIpc) is 2.25. The Kier molecular flexibility index (Phi) is 4.19. The summed E-state index contributed by atoms with van der Waals surface area (Å²) < 4.78 is 12.8. The molecule has 1 amide bonds. The minimum atomic E-state index is -0.807. The zero-order valence-electron chi connectivity index (χ0n) is 8.07. The summed E-state index contributed by atoms with van der Waals surface area (Å²) in [6.45, 7) is 0.189. The van der Waals surface area contributed by atoms with Crippen molar-refractivity contribution in [2.24, 2.45) is 0 Å². The molecule has 0 heterocycles. The van der Waals surface area contributed by atoms with Crippen LogP contribution in [0.15, 0.2) is 18.2 Å². The van der Waals surface area contributed by atoms with Crippen LogP contribution in [0.2, 0.25) is 0 Å². The highest BCUT2D eigenvalue weighted by atomic mass is 35.5. The monoisotopic (exact) mass is 246 g/mol. The third-order valence-electron chi connectivity index (χ3n) is 1.78. The highest BCUT2D eigenvalue weighted by Crippen LogP contribution is 2.19. The van der Waals surface area contributed by atoms with Gasteiger partial charge >= 0.3 is 0 Å². The molecule has 0 spiro atoms. The number of nitrogens with one attached hydrogen (secondary N) is 1. The predicted octanol–water partition coefficient (Wildman–Crippen LogP) is 1.70. The molecule has 0 aliphatic carbocycles. The first-order chi connectivity index (χ1) is 7.56. The van der Waals surface area contributed by atoms with Crippen LogP contribution < -0.4 is 5.32 Å². The van der Waals surface area contributed by atoms with Crippen molar-refractivity contribution in [2.45, 2.75) is 0 Å². The van der Waals surface area contributed by atoms with Gasteiger partial charge in [-0.2, -0.15) is 0 Å². The lowest BCUT2D eigenvalue weighted by atomic mass is 10.1. The van der Waals surface area contributed by atoms with E-state index in [1.165, 1.54) is 0 Å². The normalized spacial score (nSPS) is 9.88. The molecular formula is C9H8ClFN2O3. The van der Waals surface area contributed by atoms with Gasteiger partial charge in [0, 0.05) is 12.4 Å². The number of nitro benzene ring substituents is 1. The zero-order valence-corrected chi connectivity index (χ0v) is 8.83. The summed E-state index contributed by atoms with van der Waals surface area (Å²) in [6.07, 6.45) is 0. The molecule has 7 heteroatoms. The van der Waals surface area contributed by atoms with Crippen LogP contribution in [0.1, 0.15) is 10.4 Å². The fraction of sp³-hybridized carbons (Fsp3) is 0.222. The molecule has 86 valence electrons. The largest absolute Gasteiger partial charge is 0.351 e. The Balaban J connectivity index is 3.03. The van der Waals surface area contributed by atoms with Gasteiger partial charge in [0.15, 0.2) is 0 Å². The highest BCUT2D eigenvalue weighted by Gasteiger charge is 2.20. The van der Waals surface area contributed by atoms with E-state index in [0.29, 0.717) is 6.07 Å². The third-order valence-corrected chi connectivity index (χ3v) is 1.97. The molecule has 0 saturated heterocycles. The van der Waals surface area contributed by atoms with Crippen molar-refractivity contribution in [1.82, 2.24) is 5.32 Å². The summed E-state index contributed by atoms with van der Waals surface area (Å²) in [6, 6.07) is 2.76. The average molecular weight is 247 g/mol. The van der Waals surface area contributed by atoms with Crippen molar-refractivity contribution in [3.05, 3.63) is 39.7 Å². The summed E-state index contributed by atoms with van der Waals surface area (Å²) in [5.74, 6) is -1.21. The number of carbonyl (C=O) groups is 1. The maximum absolute atomic E-state index is 12.8. The number of hydrogen-bond acceptors (Lipinski definition) is 3. The molecule has 1 aromatic rings. The maximum atomic E-state index is 12.8.